The summed E-state index contributed by atoms with van der Waals surface area (Å²) in [6, 6.07) is 10.3. The smallest absolute Gasteiger partial charge is 0.259 e. The van der Waals surface area contributed by atoms with Crippen molar-refractivity contribution in [2.75, 3.05) is 39.4 Å². The first-order chi connectivity index (χ1) is 14.4. The molecule has 3 heterocycles. The van der Waals surface area contributed by atoms with Gasteiger partial charge in [0.15, 0.2) is 0 Å². The number of carbonyl (C=O) groups is 1. The second-order valence-corrected chi connectivity index (χ2v) is 9.41. The van der Waals surface area contributed by atoms with Crippen molar-refractivity contribution in [1.82, 2.24) is 14.2 Å². The largest absolute Gasteiger partial charge is 0.472 e. The van der Waals surface area contributed by atoms with Gasteiger partial charge in [-0.25, -0.2) is 13.4 Å². The van der Waals surface area contributed by atoms with Crippen LogP contribution >= 0.6 is 0 Å². The Morgan fingerprint density at radius 3 is 2.73 bits per heavy atom. The van der Waals surface area contributed by atoms with Crippen LogP contribution in [-0.4, -0.2) is 74.0 Å². The molecule has 1 aromatic carbocycles. The summed E-state index contributed by atoms with van der Waals surface area (Å²) in [6.45, 7) is 4.52. The minimum Gasteiger partial charge on any atom is -0.472 e. The van der Waals surface area contributed by atoms with E-state index >= 15 is 0 Å². The minimum absolute atomic E-state index is 0.149. The third-order valence-corrected chi connectivity index (χ3v) is 7.17. The van der Waals surface area contributed by atoms with Crippen LogP contribution in [0.3, 0.4) is 0 Å². The minimum atomic E-state index is -3.59. The van der Waals surface area contributed by atoms with Crippen molar-refractivity contribution in [3.05, 3.63) is 53.7 Å². The number of carbonyl (C=O) groups excluding carboxylic acids is 1. The zero-order chi connectivity index (χ0) is 21.1. The molecular weight excluding hydrogens is 406 g/mol. The van der Waals surface area contributed by atoms with E-state index in [1.165, 1.54) is 4.31 Å². The Labute approximate surface area is 176 Å². The van der Waals surface area contributed by atoms with Crippen LogP contribution in [0, 0.1) is 6.92 Å². The first kappa shape index (κ1) is 20.8. The Kier molecular flexibility index (Phi) is 6.03. The van der Waals surface area contributed by atoms with E-state index in [0.29, 0.717) is 44.8 Å². The number of sulfonamides is 1. The molecule has 30 heavy (non-hydrogen) atoms. The molecule has 1 atom stereocenters. The number of morpholine rings is 1. The molecule has 2 saturated heterocycles. The van der Waals surface area contributed by atoms with Gasteiger partial charge in [0.2, 0.25) is 15.9 Å². The molecule has 8 nitrogen and oxygen atoms in total. The third kappa shape index (κ3) is 4.33. The highest BCUT2D eigenvalue weighted by Gasteiger charge is 2.34. The molecule has 9 heteroatoms. The molecular formula is C21H25N3O5S. The average Bonchev–Trinajstić information content (AvgIpc) is 3.24. The molecule has 160 valence electrons. The molecule has 1 unspecified atom stereocenters. The van der Waals surface area contributed by atoms with Gasteiger partial charge in [0.05, 0.1) is 24.7 Å². The van der Waals surface area contributed by atoms with Crippen molar-refractivity contribution in [1.29, 1.82) is 0 Å². The Balaban J connectivity index is 1.47. The maximum atomic E-state index is 12.9. The molecule has 4 rings (SSSR count). The molecule has 1 aromatic heterocycles. The molecule has 0 N–H and O–H groups in total. The number of pyridine rings is 1. The normalized spacial score (nSPS) is 20.3. The Morgan fingerprint density at radius 1 is 1.17 bits per heavy atom. The number of rotatable bonds is 5. The standard InChI is InChI=1S/C21H25N3O5S/c1-16-4-2-5-18(14-16)30(26,27)24-9-7-17(15-24)29-20-19(6-3-8-22-20)21(25)23-10-12-28-13-11-23/h2-6,8,14,17H,7,9-13,15H2,1H3. The molecule has 2 aromatic rings. The van der Waals surface area contributed by atoms with Crippen LogP contribution in [0.5, 0.6) is 5.88 Å². The summed E-state index contributed by atoms with van der Waals surface area (Å²) in [5, 5.41) is 0. The Bertz CT molecular complexity index is 1020. The molecule has 0 radical (unpaired) electrons. The van der Waals surface area contributed by atoms with Gasteiger partial charge in [-0.1, -0.05) is 12.1 Å². The SMILES string of the molecule is Cc1cccc(S(=O)(=O)N2CCC(Oc3ncccc3C(=O)N3CCOCC3)C2)c1. The number of hydrogen-bond acceptors (Lipinski definition) is 6. The average molecular weight is 432 g/mol. The third-order valence-electron chi connectivity index (χ3n) is 5.31. The highest BCUT2D eigenvalue weighted by atomic mass is 32.2. The molecule has 2 aliphatic heterocycles. The van der Waals surface area contributed by atoms with Gasteiger partial charge in [-0.2, -0.15) is 4.31 Å². The summed E-state index contributed by atoms with van der Waals surface area (Å²) in [5.74, 6) is 0.0948. The van der Waals surface area contributed by atoms with Crippen LogP contribution in [0.4, 0.5) is 0 Å². The number of aryl methyl sites for hydroxylation is 1. The summed E-state index contributed by atoms with van der Waals surface area (Å²) in [7, 11) is -3.59. The lowest BCUT2D eigenvalue weighted by molar-refractivity contribution is 0.0298. The fourth-order valence-corrected chi connectivity index (χ4v) is 5.27. The van der Waals surface area contributed by atoms with Gasteiger partial charge >= 0.3 is 0 Å². The van der Waals surface area contributed by atoms with Crippen molar-refractivity contribution in [2.24, 2.45) is 0 Å². The predicted molar refractivity (Wildman–Crippen MR) is 110 cm³/mol. The Morgan fingerprint density at radius 2 is 1.97 bits per heavy atom. The molecule has 2 aliphatic rings. The molecule has 0 aliphatic carbocycles. The lowest BCUT2D eigenvalue weighted by atomic mass is 10.2. The topological polar surface area (TPSA) is 89.0 Å². The highest BCUT2D eigenvalue weighted by Crippen LogP contribution is 2.26. The zero-order valence-corrected chi connectivity index (χ0v) is 17.7. The highest BCUT2D eigenvalue weighted by molar-refractivity contribution is 7.89. The van der Waals surface area contributed by atoms with Gasteiger partial charge in [0, 0.05) is 25.8 Å². The summed E-state index contributed by atoms with van der Waals surface area (Å²) in [4.78, 5) is 19.1. The fraction of sp³-hybridized carbons (Fsp3) is 0.429. The summed E-state index contributed by atoms with van der Waals surface area (Å²) >= 11 is 0. The van der Waals surface area contributed by atoms with Crippen LogP contribution in [0.1, 0.15) is 22.3 Å². The second kappa shape index (κ2) is 8.71. The van der Waals surface area contributed by atoms with Gasteiger partial charge in [0.25, 0.3) is 5.91 Å². The molecule has 2 fully saturated rings. The van der Waals surface area contributed by atoms with E-state index in [4.69, 9.17) is 9.47 Å². The number of hydrogen-bond donors (Lipinski definition) is 0. The zero-order valence-electron chi connectivity index (χ0n) is 16.9. The first-order valence-corrected chi connectivity index (χ1v) is 11.4. The monoisotopic (exact) mass is 431 g/mol. The van der Waals surface area contributed by atoms with E-state index in [9.17, 15) is 13.2 Å². The summed E-state index contributed by atoms with van der Waals surface area (Å²) in [6.07, 6.45) is 1.74. The van der Waals surface area contributed by atoms with E-state index in [-0.39, 0.29) is 29.3 Å². The Hall–Kier alpha value is -2.49. The fourth-order valence-electron chi connectivity index (χ4n) is 3.68. The lowest BCUT2D eigenvalue weighted by Gasteiger charge is -2.27. The van der Waals surface area contributed by atoms with Gasteiger partial charge in [-0.3, -0.25) is 4.79 Å². The van der Waals surface area contributed by atoms with E-state index in [2.05, 4.69) is 4.98 Å². The van der Waals surface area contributed by atoms with Gasteiger partial charge in [0.1, 0.15) is 11.7 Å². The van der Waals surface area contributed by atoms with Gasteiger partial charge < -0.3 is 14.4 Å². The number of benzene rings is 1. The van der Waals surface area contributed by atoms with Crippen LogP contribution in [-0.2, 0) is 14.8 Å². The number of amides is 1. The van der Waals surface area contributed by atoms with Crippen LogP contribution in [0.2, 0.25) is 0 Å². The first-order valence-electron chi connectivity index (χ1n) is 10.0. The van der Waals surface area contributed by atoms with Gasteiger partial charge in [-0.05, 0) is 43.2 Å². The van der Waals surface area contributed by atoms with E-state index in [0.717, 1.165) is 5.56 Å². The van der Waals surface area contributed by atoms with Crippen molar-refractivity contribution in [3.8, 4) is 5.88 Å². The van der Waals surface area contributed by atoms with Crippen LogP contribution in [0.15, 0.2) is 47.5 Å². The van der Waals surface area contributed by atoms with Crippen molar-refractivity contribution >= 4 is 15.9 Å². The molecule has 1 amide bonds. The quantitative estimate of drug-likeness (QED) is 0.716. The number of aromatic nitrogens is 1. The number of nitrogens with zero attached hydrogens (tertiary/aromatic N) is 3. The van der Waals surface area contributed by atoms with Crippen molar-refractivity contribution < 1.29 is 22.7 Å². The molecule has 0 spiro atoms. The van der Waals surface area contributed by atoms with Crippen molar-refractivity contribution in [3.63, 3.8) is 0 Å². The maximum absolute atomic E-state index is 12.9. The lowest BCUT2D eigenvalue weighted by Crippen LogP contribution is -2.41. The van der Waals surface area contributed by atoms with E-state index in [1.807, 2.05) is 13.0 Å². The second-order valence-electron chi connectivity index (χ2n) is 7.47. The van der Waals surface area contributed by atoms with Crippen LogP contribution in [0.25, 0.3) is 0 Å². The van der Waals surface area contributed by atoms with Crippen molar-refractivity contribution in [2.45, 2.75) is 24.3 Å². The van der Waals surface area contributed by atoms with Gasteiger partial charge in [-0.15, -0.1) is 0 Å². The number of ether oxygens (including phenoxy) is 2. The van der Waals surface area contributed by atoms with E-state index < -0.39 is 10.0 Å². The van der Waals surface area contributed by atoms with E-state index in [1.54, 1.807) is 41.4 Å². The summed E-state index contributed by atoms with van der Waals surface area (Å²) in [5.41, 5.74) is 1.28. The molecule has 0 saturated carbocycles. The maximum Gasteiger partial charge on any atom is 0.259 e. The summed E-state index contributed by atoms with van der Waals surface area (Å²) < 4.78 is 38.6. The van der Waals surface area contributed by atoms with Crippen LogP contribution < -0.4 is 4.74 Å². The molecule has 0 bridgehead atoms. The predicted octanol–water partition coefficient (Wildman–Crippen LogP) is 1.70.